The molecule has 96 valence electrons. The highest BCUT2D eigenvalue weighted by Gasteiger charge is 2.41. The molecule has 1 heterocycles. The van der Waals surface area contributed by atoms with Crippen LogP contribution in [-0.4, -0.2) is 35.2 Å². The summed E-state index contributed by atoms with van der Waals surface area (Å²) in [7, 11) is 0. The maximum absolute atomic E-state index is 9.92. The Bertz CT molecular complexity index is 463. The number of likely N-dealkylation sites (tertiary alicyclic amines) is 1. The normalized spacial score (nSPS) is 19.9. The topological polar surface area (TPSA) is 47.3 Å². The summed E-state index contributed by atoms with van der Waals surface area (Å²) in [4.78, 5) is 2.17. The Morgan fingerprint density at radius 2 is 2.28 bits per heavy atom. The fraction of sp³-hybridized carbons (Fsp3) is 0.500. The molecule has 1 atom stereocenters. The first-order valence-electron chi connectivity index (χ1n) is 6.09. The molecule has 0 radical (unpaired) electrons. The number of nitriles is 1. The zero-order valence-electron chi connectivity index (χ0n) is 10.4. The average Bonchev–Trinajstić information content (AvgIpc) is 2.27. The Labute approximate surface area is 113 Å². The third kappa shape index (κ3) is 3.02. The molecule has 2 rings (SSSR count). The lowest BCUT2D eigenvalue weighted by Crippen LogP contribution is -2.62. The monoisotopic (exact) mass is 264 g/mol. The van der Waals surface area contributed by atoms with Crippen molar-refractivity contribution in [2.75, 3.05) is 19.6 Å². The van der Waals surface area contributed by atoms with E-state index in [-0.39, 0.29) is 6.42 Å². The van der Waals surface area contributed by atoms with Crippen molar-refractivity contribution in [3.8, 4) is 6.07 Å². The SMILES string of the molecule is CC(CN1CC(O)(CC#N)C1)c1cccc(Cl)c1. The zero-order chi connectivity index (χ0) is 13.2. The van der Waals surface area contributed by atoms with Crippen molar-refractivity contribution in [3.63, 3.8) is 0 Å². The van der Waals surface area contributed by atoms with Crippen LogP contribution in [0.5, 0.6) is 0 Å². The summed E-state index contributed by atoms with van der Waals surface area (Å²) in [5, 5.41) is 19.3. The third-order valence-corrected chi connectivity index (χ3v) is 3.63. The lowest BCUT2D eigenvalue weighted by Gasteiger charge is -2.46. The fourth-order valence-corrected chi connectivity index (χ4v) is 2.68. The molecule has 18 heavy (non-hydrogen) atoms. The lowest BCUT2D eigenvalue weighted by atomic mass is 9.89. The third-order valence-electron chi connectivity index (χ3n) is 3.39. The predicted molar refractivity (Wildman–Crippen MR) is 71.5 cm³/mol. The van der Waals surface area contributed by atoms with Crippen LogP contribution in [0.3, 0.4) is 0 Å². The molecule has 0 spiro atoms. The molecule has 0 amide bonds. The van der Waals surface area contributed by atoms with Crippen LogP contribution in [0.15, 0.2) is 24.3 Å². The van der Waals surface area contributed by atoms with Crippen molar-refractivity contribution in [1.29, 1.82) is 5.26 Å². The van der Waals surface area contributed by atoms with Crippen molar-refractivity contribution in [2.45, 2.75) is 24.9 Å². The Hall–Kier alpha value is -1.08. The minimum absolute atomic E-state index is 0.217. The van der Waals surface area contributed by atoms with Crippen molar-refractivity contribution in [2.24, 2.45) is 0 Å². The second kappa shape index (κ2) is 5.27. The van der Waals surface area contributed by atoms with Crippen molar-refractivity contribution >= 4 is 11.6 Å². The molecule has 0 bridgehead atoms. The zero-order valence-corrected chi connectivity index (χ0v) is 11.2. The fourth-order valence-electron chi connectivity index (χ4n) is 2.48. The molecular weight excluding hydrogens is 248 g/mol. The van der Waals surface area contributed by atoms with Gasteiger partial charge in [0, 0.05) is 24.7 Å². The molecule has 1 unspecified atom stereocenters. The summed E-state index contributed by atoms with van der Waals surface area (Å²) in [5.41, 5.74) is 0.418. The van der Waals surface area contributed by atoms with Crippen molar-refractivity contribution < 1.29 is 5.11 Å². The van der Waals surface area contributed by atoms with Gasteiger partial charge in [-0.15, -0.1) is 0 Å². The molecule has 1 N–H and O–H groups in total. The molecule has 4 heteroatoms. The quantitative estimate of drug-likeness (QED) is 0.908. The minimum Gasteiger partial charge on any atom is -0.386 e. The van der Waals surface area contributed by atoms with E-state index in [0.29, 0.717) is 19.0 Å². The van der Waals surface area contributed by atoms with Crippen LogP contribution in [0.1, 0.15) is 24.8 Å². The summed E-state index contributed by atoms with van der Waals surface area (Å²) >= 11 is 5.97. The smallest absolute Gasteiger partial charge is 0.103 e. The highest BCUT2D eigenvalue weighted by atomic mass is 35.5. The first kappa shape index (κ1) is 13.4. The summed E-state index contributed by atoms with van der Waals surface area (Å²) in [6.07, 6.45) is 0.217. The molecule has 0 aliphatic carbocycles. The van der Waals surface area contributed by atoms with E-state index in [4.69, 9.17) is 16.9 Å². The highest BCUT2D eigenvalue weighted by molar-refractivity contribution is 6.30. The average molecular weight is 265 g/mol. The van der Waals surface area contributed by atoms with E-state index in [1.807, 2.05) is 24.3 Å². The number of hydrogen-bond acceptors (Lipinski definition) is 3. The van der Waals surface area contributed by atoms with Gasteiger partial charge in [-0.1, -0.05) is 30.7 Å². The van der Waals surface area contributed by atoms with Crippen LogP contribution in [0.4, 0.5) is 0 Å². The van der Waals surface area contributed by atoms with E-state index in [1.165, 1.54) is 5.56 Å². The van der Waals surface area contributed by atoms with Crippen LogP contribution in [0, 0.1) is 11.3 Å². The molecule has 1 saturated heterocycles. The number of β-amino-alcohol motifs (C(OH)–C–C–N with tert-alkyl or cyclic N) is 1. The first-order chi connectivity index (χ1) is 8.52. The van der Waals surface area contributed by atoms with Gasteiger partial charge >= 0.3 is 0 Å². The molecule has 3 nitrogen and oxygen atoms in total. The van der Waals surface area contributed by atoms with Crippen molar-refractivity contribution in [1.82, 2.24) is 4.90 Å². The molecule has 1 aromatic rings. The van der Waals surface area contributed by atoms with Gasteiger partial charge in [0.25, 0.3) is 0 Å². The van der Waals surface area contributed by atoms with Crippen LogP contribution in [0.2, 0.25) is 5.02 Å². The molecule has 0 aromatic heterocycles. The van der Waals surface area contributed by atoms with E-state index >= 15 is 0 Å². The predicted octanol–water partition coefficient (Wildman–Crippen LogP) is 2.40. The Kier molecular flexibility index (Phi) is 3.91. The summed E-state index contributed by atoms with van der Waals surface area (Å²) in [5.74, 6) is 0.371. The van der Waals surface area contributed by atoms with Crippen LogP contribution in [0.25, 0.3) is 0 Å². The summed E-state index contributed by atoms with van der Waals surface area (Å²) in [6.45, 7) is 4.21. The van der Waals surface area contributed by atoms with Gasteiger partial charge in [-0.2, -0.15) is 5.26 Å². The Balaban J connectivity index is 1.87. The van der Waals surface area contributed by atoms with Gasteiger partial charge in [-0.3, -0.25) is 4.90 Å². The van der Waals surface area contributed by atoms with Crippen molar-refractivity contribution in [3.05, 3.63) is 34.9 Å². The van der Waals surface area contributed by atoms with Gasteiger partial charge in [-0.05, 0) is 23.6 Å². The van der Waals surface area contributed by atoms with E-state index in [0.717, 1.165) is 11.6 Å². The second-order valence-corrected chi connectivity index (χ2v) is 5.62. The maximum Gasteiger partial charge on any atom is 0.103 e. The largest absolute Gasteiger partial charge is 0.386 e. The molecule has 0 saturated carbocycles. The first-order valence-corrected chi connectivity index (χ1v) is 6.47. The molecule has 1 aliphatic heterocycles. The van der Waals surface area contributed by atoms with E-state index in [1.54, 1.807) is 0 Å². The number of nitrogens with zero attached hydrogens (tertiary/aromatic N) is 2. The van der Waals surface area contributed by atoms with Crippen LogP contribution >= 0.6 is 11.6 Å². The lowest BCUT2D eigenvalue weighted by molar-refractivity contribution is -0.0949. The van der Waals surface area contributed by atoms with Gasteiger partial charge in [-0.25, -0.2) is 0 Å². The van der Waals surface area contributed by atoms with Gasteiger partial charge in [0.05, 0.1) is 12.5 Å². The number of halogens is 1. The van der Waals surface area contributed by atoms with Crippen LogP contribution < -0.4 is 0 Å². The minimum atomic E-state index is -0.789. The number of aliphatic hydroxyl groups is 1. The van der Waals surface area contributed by atoms with E-state index in [2.05, 4.69) is 17.9 Å². The number of hydrogen-bond donors (Lipinski definition) is 1. The van der Waals surface area contributed by atoms with Crippen LogP contribution in [-0.2, 0) is 0 Å². The molecule has 1 fully saturated rings. The molecular formula is C14H17ClN2O. The second-order valence-electron chi connectivity index (χ2n) is 5.18. The Morgan fingerprint density at radius 1 is 1.56 bits per heavy atom. The standard InChI is InChI=1S/C14H17ClN2O/c1-11(12-3-2-4-13(15)7-12)8-17-9-14(18,10-17)5-6-16/h2-4,7,11,18H,5,8-10H2,1H3. The molecule has 1 aliphatic rings. The Morgan fingerprint density at radius 3 is 2.89 bits per heavy atom. The highest BCUT2D eigenvalue weighted by Crippen LogP contribution is 2.28. The summed E-state index contributed by atoms with van der Waals surface area (Å²) < 4.78 is 0. The van der Waals surface area contributed by atoms with Gasteiger partial charge in [0.15, 0.2) is 0 Å². The van der Waals surface area contributed by atoms with Gasteiger partial charge < -0.3 is 5.11 Å². The molecule has 1 aromatic carbocycles. The van der Waals surface area contributed by atoms with E-state index in [9.17, 15) is 5.11 Å². The van der Waals surface area contributed by atoms with Gasteiger partial charge in [0.2, 0.25) is 0 Å². The number of rotatable bonds is 4. The number of benzene rings is 1. The summed E-state index contributed by atoms with van der Waals surface area (Å²) in [6, 6.07) is 9.90. The van der Waals surface area contributed by atoms with E-state index < -0.39 is 5.60 Å². The maximum atomic E-state index is 9.92. The van der Waals surface area contributed by atoms with Gasteiger partial charge in [0.1, 0.15) is 5.60 Å².